The van der Waals surface area contributed by atoms with Crippen molar-refractivity contribution in [2.45, 2.75) is 13.3 Å². The van der Waals surface area contributed by atoms with Crippen molar-refractivity contribution < 1.29 is 9.53 Å². The van der Waals surface area contributed by atoms with Crippen LogP contribution < -0.4 is 10.1 Å². The Hall–Kier alpha value is -2.36. The zero-order valence-electron chi connectivity index (χ0n) is 10.8. The predicted octanol–water partition coefficient (Wildman–Crippen LogP) is 2.66. The van der Waals surface area contributed by atoms with E-state index in [2.05, 4.69) is 10.3 Å². The summed E-state index contributed by atoms with van der Waals surface area (Å²) in [6.07, 6.45) is 3.70. The lowest BCUT2D eigenvalue weighted by molar-refractivity contribution is -0.115. The van der Waals surface area contributed by atoms with E-state index in [1.807, 2.05) is 43.3 Å². The molecular weight excluding hydrogens is 240 g/mol. The third-order valence-corrected chi connectivity index (χ3v) is 2.56. The number of anilines is 1. The topological polar surface area (TPSA) is 51.2 Å². The molecule has 19 heavy (non-hydrogen) atoms. The van der Waals surface area contributed by atoms with Crippen LogP contribution in [0.15, 0.2) is 48.8 Å². The highest BCUT2D eigenvalue weighted by atomic mass is 16.5. The molecule has 0 aliphatic heterocycles. The summed E-state index contributed by atoms with van der Waals surface area (Å²) < 4.78 is 5.34. The molecule has 1 amide bonds. The molecule has 98 valence electrons. The molecule has 2 aromatic rings. The van der Waals surface area contributed by atoms with Crippen LogP contribution in [0.3, 0.4) is 0 Å². The van der Waals surface area contributed by atoms with Crippen molar-refractivity contribution in [1.29, 1.82) is 0 Å². The second kappa shape index (κ2) is 6.54. The van der Waals surface area contributed by atoms with Gasteiger partial charge in [0.15, 0.2) is 0 Å². The lowest BCUT2D eigenvalue weighted by Crippen LogP contribution is -2.14. The molecule has 0 unspecified atom stereocenters. The summed E-state index contributed by atoms with van der Waals surface area (Å²) in [6.45, 7) is 2.57. The highest BCUT2D eigenvalue weighted by Gasteiger charge is 2.04. The molecule has 0 saturated heterocycles. The Bertz CT molecular complexity index is 524. The molecule has 1 heterocycles. The van der Waals surface area contributed by atoms with Crippen LogP contribution in [0.1, 0.15) is 12.5 Å². The average molecular weight is 256 g/mol. The number of nitrogens with zero attached hydrogens (tertiary/aromatic N) is 1. The number of carbonyl (C=O) groups excluding carboxylic acids is 1. The van der Waals surface area contributed by atoms with Crippen molar-refractivity contribution in [3.8, 4) is 5.75 Å². The van der Waals surface area contributed by atoms with Crippen molar-refractivity contribution in [2.24, 2.45) is 0 Å². The van der Waals surface area contributed by atoms with Gasteiger partial charge in [-0.05, 0) is 48.9 Å². The van der Waals surface area contributed by atoms with Gasteiger partial charge in [-0.15, -0.1) is 0 Å². The Morgan fingerprint density at radius 1 is 1.16 bits per heavy atom. The summed E-state index contributed by atoms with van der Waals surface area (Å²) in [5.41, 5.74) is 1.71. The summed E-state index contributed by atoms with van der Waals surface area (Å²) in [4.78, 5) is 15.7. The van der Waals surface area contributed by atoms with E-state index < -0.39 is 0 Å². The summed E-state index contributed by atoms with van der Waals surface area (Å²) >= 11 is 0. The van der Waals surface area contributed by atoms with Gasteiger partial charge in [-0.3, -0.25) is 9.78 Å². The van der Waals surface area contributed by atoms with Crippen molar-refractivity contribution >= 4 is 11.6 Å². The Labute approximate surface area is 112 Å². The lowest BCUT2D eigenvalue weighted by atomic mass is 10.2. The van der Waals surface area contributed by atoms with E-state index in [-0.39, 0.29) is 5.91 Å². The van der Waals surface area contributed by atoms with E-state index in [0.29, 0.717) is 13.0 Å². The van der Waals surface area contributed by atoms with Crippen molar-refractivity contribution in [1.82, 2.24) is 4.98 Å². The molecule has 0 spiro atoms. The van der Waals surface area contributed by atoms with Crippen LogP contribution >= 0.6 is 0 Å². The third-order valence-electron chi connectivity index (χ3n) is 2.56. The number of rotatable bonds is 5. The Balaban J connectivity index is 1.91. The van der Waals surface area contributed by atoms with E-state index in [1.165, 1.54) is 0 Å². The average Bonchev–Trinajstić information content (AvgIpc) is 2.42. The molecule has 2 rings (SSSR count). The molecule has 1 aromatic heterocycles. The first-order chi connectivity index (χ1) is 9.28. The summed E-state index contributed by atoms with van der Waals surface area (Å²) in [6, 6.07) is 11.0. The fourth-order valence-electron chi connectivity index (χ4n) is 1.69. The van der Waals surface area contributed by atoms with E-state index in [0.717, 1.165) is 17.0 Å². The van der Waals surface area contributed by atoms with Gasteiger partial charge < -0.3 is 10.1 Å². The van der Waals surface area contributed by atoms with Gasteiger partial charge in [0.05, 0.1) is 13.0 Å². The predicted molar refractivity (Wildman–Crippen MR) is 74.2 cm³/mol. The van der Waals surface area contributed by atoms with Crippen molar-refractivity contribution in [3.05, 3.63) is 54.4 Å². The van der Waals surface area contributed by atoms with Gasteiger partial charge in [-0.1, -0.05) is 0 Å². The molecule has 4 nitrogen and oxygen atoms in total. The fourth-order valence-corrected chi connectivity index (χ4v) is 1.69. The first kappa shape index (κ1) is 13.1. The molecule has 0 fully saturated rings. The quantitative estimate of drug-likeness (QED) is 0.894. The van der Waals surface area contributed by atoms with E-state index >= 15 is 0 Å². The largest absolute Gasteiger partial charge is 0.494 e. The molecule has 0 aliphatic carbocycles. The highest BCUT2D eigenvalue weighted by Crippen LogP contribution is 2.15. The Morgan fingerprint density at radius 3 is 2.47 bits per heavy atom. The maximum atomic E-state index is 11.8. The molecule has 1 N–H and O–H groups in total. The number of amides is 1. The molecule has 0 aliphatic rings. The van der Waals surface area contributed by atoms with Gasteiger partial charge in [0.25, 0.3) is 0 Å². The van der Waals surface area contributed by atoms with Crippen LogP contribution in [-0.4, -0.2) is 17.5 Å². The number of aromatic nitrogens is 1. The zero-order chi connectivity index (χ0) is 13.5. The van der Waals surface area contributed by atoms with Gasteiger partial charge in [0, 0.05) is 18.1 Å². The van der Waals surface area contributed by atoms with Crippen LogP contribution in [0.25, 0.3) is 0 Å². The van der Waals surface area contributed by atoms with Crippen molar-refractivity contribution in [3.63, 3.8) is 0 Å². The highest BCUT2D eigenvalue weighted by molar-refractivity contribution is 5.92. The van der Waals surface area contributed by atoms with Crippen LogP contribution in [0.4, 0.5) is 5.69 Å². The standard InChI is InChI=1S/C15H16N2O2/c1-2-19-14-5-3-13(4-6-14)17-15(18)11-12-7-9-16-10-8-12/h3-10H,2,11H2,1H3,(H,17,18). The zero-order valence-corrected chi connectivity index (χ0v) is 10.8. The molecule has 0 atom stereocenters. The second-order valence-corrected chi connectivity index (χ2v) is 4.04. The monoisotopic (exact) mass is 256 g/mol. The maximum absolute atomic E-state index is 11.8. The smallest absolute Gasteiger partial charge is 0.228 e. The van der Waals surface area contributed by atoms with Gasteiger partial charge in [-0.2, -0.15) is 0 Å². The fraction of sp³-hybridized carbons (Fsp3) is 0.200. The molecule has 0 saturated carbocycles. The van der Waals surface area contributed by atoms with Crippen molar-refractivity contribution in [2.75, 3.05) is 11.9 Å². The molecular formula is C15H16N2O2. The van der Waals surface area contributed by atoms with Gasteiger partial charge in [-0.25, -0.2) is 0 Å². The number of carbonyl (C=O) groups is 1. The van der Waals surface area contributed by atoms with Crippen LogP contribution in [0.5, 0.6) is 5.75 Å². The van der Waals surface area contributed by atoms with E-state index in [1.54, 1.807) is 12.4 Å². The van der Waals surface area contributed by atoms with Gasteiger partial charge >= 0.3 is 0 Å². The number of benzene rings is 1. The number of pyridine rings is 1. The maximum Gasteiger partial charge on any atom is 0.228 e. The number of hydrogen-bond donors (Lipinski definition) is 1. The first-order valence-electron chi connectivity index (χ1n) is 6.19. The van der Waals surface area contributed by atoms with E-state index in [9.17, 15) is 4.79 Å². The second-order valence-electron chi connectivity index (χ2n) is 4.04. The van der Waals surface area contributed by atoms with Gasteiger partial charge in [0.2, 0.25) is 5.91 Å². The minimum Gasteiger partial charge on any atom is -0.494 e. The van der Waals surface area contributed by atoms with Crippen LogP contribution in [-0.2, 0) is 11.2 Å². The number of ether oxygens (including phenoxy) is 1. The molecule has 0 radical (unpaired) electrons. The van der Waals surface area contributed by atoms with Crippen LogP contribution in [0, 0.1) is 0 Å². The summed E-state index contributed by atoms with van der Waals surface area (Å²) in [5.74, 6) is 0.755. The molecule has 1 aromatic carbocycles. The molecule has 4 heteroatoms. The van der Waals surface area contributed by atoms with Crippen LogP contribution in [0.2, 0.25) is 0 Å². The minimum atomic E-state index is -0.0460. The summed E-state index contributed by atoms with van der Waals surface area (Å²) in [5, 5.41) is 2.84. The first-order valence-corrected chi connectivity index (χ1v) is 6.19. The Morgan fingerprint density at radius 2 is 1.84 bits per heavy atom. The normalized spacial score (nSPS) is 9.95. The van der Waals surface area contributed by atoms with Gasteiger partial charge in [0.1, 0.15) is 5.75 Å². The molecule has 0 bridgehead atoms. The number of hydrogen-bond acceptors (Lipinski definition) is 3. The van der Waals surface area contributed by atoms with E-state index in [4.69, 9.17) is 4.74 Å². The minimum absolute atomic E-state index is 0.0460. The SMILES string of the molecule is CCOc1ccc(NC(=O)Cc2ccncc2)cc1. The summed E-state index contributed by atoms with van der Waals surface area (Å²) in [7, 11) is 0. The number of nitrogens with one attached hydrogen (secondary N) is 1. The Kier molecular flexibility index (Phi) is 4.50. The lowest BCUT2D eigenvalue weighted by Gasteiger charge is -2.07. The third kappa shape index (κ3) is 4.10.